The van der Waals surface area contributed by atoms with E-state index in [9.17, 15) is 14.9 Å². The molecule has 4 rings (SSSR count). The predicted octanol–water partition coefficient (Wildman–Crippen LogP) is 3.92. The number of carbonyl (C=O) groups is 1. The highest BCUT2D eigenvalue weighted by atomic mass is 16.6. The second-order valence-electron chi connectivity index (χ2n) is 6.55. The summed E-state index contributed by atoms with van der Waals surface area (Å²) in [6.45, 7) is 0. The van der Waals surface area contributed by atoms with Gasteiger partial charge >= 0.3 is 0 Å². The number of para-hydroxylation sites is 1. The molecule has 140 valence electrons. The van der Waals surface area contributed by atoms with E-state index in [1.807, 2.05) is 30.3 Å². The molecule has 3 aromatic rings. The summed E-state index contributed by atoms with van der Waals surface area (Å²) < 4.78 is 1.77. The molecule has 1 aromatic heterocycles. The van der Waals surface area contributed by atoms with Crippen LogP contribution in [0.3, 0.4) is 0 Å². The fourth-order valence-corrected chi connectivity index (χ4v) is 3.35. The SMILES string of the molecule is O=C(/C=C/c1cccc([N+](=O)[O-])c1)Nc1c2c(nn1-c1ccccc1)CCC2. The van der Waals surface area contributed by atoms with Gasteiger partial charge in [-0.1, -0.05) is 30.3 Å². The van der Waals surface area contributed by atoms with Gasteiger partial charge < -0.3 is 5.32 Å². The van der Waals surface area contributed by atoms with Gasteiger partial charge in [-0.05, 0) is 43.0 Å². The number of rotatable bonds is 5. The van der Waals surface area contributed by atoms with Crippen LogP contribution in [-0.2, 0) is 17.6 Å². The Bertz CT molecular complexity index is 1070. The third-order valence-electron chi connectivity index (χ3n) is 4.66. The lowest BCUT2D eigenvalue weighted by Gasteiger charge is -2.09. The molecular weight excluding hydrogens is 356 g/mol. The van der Waals surface area contributed by atoms with Crippen molar-refractivity contribution in [3.05, 3.63) is 87.6 Å². The molecule has 0 bridgehead atoms. The van der Waals surface area contributed by atoms with Crippen molar-refractivity contribution in [1.29, 1.82) is 0 Å². The normalized spacial score (nSPS) is 12.9. The second-order valence-corrected chi connectivity index (χ2v) is 6.55. The average Bonchev–Trinajstić information content (AvgIpc) is 3.30. The number of carbonyl (C=O) groups excluding carboxylic acids is 1. The smallest absolute Gasteiger partial charge is 0.270 e. The molecule has 0 atom stereocenters. The number of nitrogens with one attached hydrogen (secondary N) is 1. The molecule has 0 unspecified atom stereocenters. The largest absolute Gasteiger partial charge is 0.307 e. The Balaban J connectivity index is 1.58. The van der Waals surface area contributed by atoms with Crippen molar-refractivity contribution in [2.75, 3.05) is 5.32 Å². The number of amides is 1. The number of nitrogens with zero attached hydrogens (tertiary/aromatic N) is 3. The number of nitro groups is 1. The lowest BCUT2D eigenvalue weighted by Crippen LogP contribution is -2.13. The first kappa shape index (κ1) is 17.7. The fraction of sp³-hybridized carbons (Fsp3) is 0.143. The number of nitro benzene ring substituents is 1. The van der Waals surface area contributed by atoms with Crippen molar-refractivity contribution in [1.82, 2.24) is 9.78 Å². The van der Waals surface area contributed by atoms with Crippen molar-refractivity contribution in [3.8, 4) is 5.69 Å². The van der Waals surface area contributed by atoms with E-state index in [-0.39, 0.29) is 11.6 Å². The van der Waals surface area contributed by atoms with Crippen LogP contribution in [-0.4, -0.2) is 20.6 Å². The summed E-state index contributed by atoms with van der Waals surface area (Å²) in [4.78, 5) is 22.9. The molecule has 1 amide bonds. The molecule has 0 saturated carbocycles. The molecule has 0 saturated heterocycles. The van der Waals surface area contributed by atoms with E-state index in [2.05, 4.69) is 10.4 Å². The van der Waals surface area contributed by atoms with Crippen LogP contribution in [0.25, 0.3) is 11.8 Å². The van der Waals surface area contributed by atoms with E-state index in [1.54, 1.807) is 22.9 Å². The summed E-state index contributed by atoms with van der Waals surface area (Å²) in [5.74, 6) is 0.380. The standard InChI is InChI=1S/C21H18N4O3/c26-20(13-12-15-6-4-9-17(14-15)25(27)28)22-21-18-10-5-11-19(18)23-24(21)16-7-2-1-3-8-16/h1-4,6-9,12-14H,5,10-11H2,(H,22,26)/b13-12+. The van der Waals surface area contributed by atoms with Crippen LogP contribution in [0.5, 0.6) is 0 Å². The summed E-state index contributed by atoms with van der Waals surface area (Å²) in [6.07, 6.45) is 5.75. The zero-order valence-corrected chi connectivity index (χ0v) is 15.0. The van der Waals surface area contributed by atoms with E-state index in [0.29, 0.717) is 11.4 Å². The number of benzene rings is 2. The Labute approximate surface area is 161 Å². The van der Waals surface area contributed by atoms with Gasteiger partial charge in [-0.15, -0.1) is 0 Å². The number of aromatic nitrogens is 2. The lowest BCUT2D eigenvalue weighted by molar-refractivity contribution is -0.384. The van der Waals surface area contributed by atoms with Gasteiger partial charge in [-0.25, -0.2) is 4.68 Å². The highest BCUT2D eigenvalue weighted by Gasteiger charge is 2.23. The molecule has 0 aliphatic heterocycles. The first-order valence-corrected chi connectivity index (χ1v) is 9.01. The highest BCUT2D eigenvalue weighted by molar-refractivity contribution is 6.02. The molecule has 1 N–H and O–H groups in total. The van der Waals surface area contributed by atoms with E-state index in [4.69, 9.17) is 0 Å². The molecule has 1 aliphatic rings. The number of fused-ring (bicyclic) bond motifs is 1. The molecule has 28 heavy (non-hydrogen) atoms. The van der Waals surface area contributed by atoms with Gasteiger partial charge in [-0.2, -0.15) is 5.10 Å². The van der Waals surface area contributed by atoms with Crippen LogP contribution in [0, 0.1) is 10.1 Å². The van der Waals surface area contributed by atoms with Crippen molar-refractivity contribution in [2.24, 2.45) is 0 Å². The zero-order chi connectivity index (χ0) is 19.5. The van der Waals surface area contributed by atoms with Gasteiger partial charge in [0.15, 0.2) is 0 Å². The Kier molecular flexibility index (Phi) is 4.72. The second kappa shape index (κ2) is 7.48. The minimum Gasteiger partial charge on any atom is -0.307 e. The molecule has 1 heterocycles. The zero-order valence-electron chi connectivity index (χ0n) is 15.0. The van der Waals surface area contributed by atoms with Crippen LogP contribution >= 0.6 is 0 Å². The maximum Gasteiger partial charge on any atom is 0.270 e. The van der Waals surface area contributed by atoms with Crippen molar-refractivity contribution >= 4 is 23.5 Å². The van der Waals surface area contributed by atoms with Crippen molar-refractivity contribution < 1.29 is 9.72 Å². The van der Waals surface area contributed by atoms with Crippen LogP contribution < -0.4 is 5.32 Å². The number of anilines is 1. The lowest BCUT2D eigenvalue weighted by atomic mass is 10.2. The van der Waals surface area contributed by atoms with E-state index in [1.165, 1.54) is 18.2 Å². The summed E-state index contributed by atoms with van der Waals surface area (Å²) in [5.41, 5.74) is 3.55. The van der Waals surface area contributed by atoms with E-state index in [0.717, 1.165) is 36.2 Å². The number of hydrogen-bond donors (Lipinski definition) is 1. The van der Waals surface area contributed by atoms with Crippen LogP contribution in [0.15, 0.2) is 60.7 Å². The topological polar surface area (TPSA) is 90.1 Å². The Morgan fingerprint density at radius 1 is 1.14 bits per heavy atom. The molecule has 7 nitrogen and oxygen atoms in total. The molecule has 1 aliphatic carbocycles. The summed E-state index contributed by atoms with van der Waals surface area (Å²) in [7, 11) is 0. The molecule has 0 fully saturated rings. The number of hydrogen-bond acceptors (Lipinski definition) is 4. The highest BCUT2D eigenvalue weighted by Crippen LogP contribution is 2.31. The number of aryl methyl sites for hydroxylation is 1. The third kappa shape index (κ3) is 3.55. The van der Waals surface area contributed by atoms with Gasteiger partial charge in [0.05, 0.1) is 16.3 Å². The summed E-state index contributed by atoms with van der Waals surface area (Å²) >= 11 is 0. The Morgan fingerprint density at radius 3 is 2.75 bits per heavy atom. The fourth-order valence-electron chi connectivity index (χ4n) is 3.35. The molecule has 2 aromatic carbocycles. The first-order valence-electron chi connectivity index (χ1n) is 9.01. The monoisotopic (exact) mass is 374 g/mol. The predicted molar refractivity (Wildman–Crippen MR) is 106 cm³/mol. The Hall–Kier alpha value is -3.74. The van der Waals surface area contributed by atoms with Gasteiger partial charge in [0.25, 0.3) is 5.69 Å². The van der Waals surface area contributed by atoms with Gasteiger partial charge in [0.2, 0.25) is 5.91 Å². The molecular formula is C21H18N4O3. The third-order valence-corrected chi connectivity index (χ3v) is 4.66. The Morgan fingerprint density at radius 2 is 1.96 bits per heavy atom. The number of non-ortho nitro benzene ring substituents is 1. The first-order chi connectivity index (χ1) is 13.6. The molecule has 0 spiro atoms. The van der Waals surface area contributed by atoms with Crippen LogP contribution in [0.2, 0.25) is 0 Å². The van der Waals surface area contributed by atoms with Gasteiger partial charge in [-0.3, -0.25) is 14.9 Å². The molecule has 7 heteroatoms. The van der Waals surface area contributed by atoms with Crippen molar-refractivity contribution in [2.45, 2.75) is 19.3 Å². The average molecular weight is 374 g/mol. The van der Waals surface area contributed by atoms with Crippen molar-refractivity contribution in [3.63, 3.8) is 0 Å². The minimum absolute atomic E-state index is 0.0115. The summed E-state index contributed by atoms with van der Waals surface area (Å²) in [5, 5.41) is 18.5. The summed E-state index contributed by atoms with van der Waals surface area (Å²) in [6, 6.07) is 15.8. The quantitative estimate of drug-likeness (QED) is 0.416. The van der Waals surface area contributed by atoms with E-state index >= 15 is 0 Å². The molecule has 0 radical (unpaired) electrons. The maximum absolute atomic E-state index is 12.5. The van der Waals surface area contributed by atoms with Crippen LogP contribution in [0.1, 0.15) is 23.2 Å². The van der Waals surface area contributed by atoms with Crippen LogP contribution in [0.4, 0.5) is 11.5 Å². The maximum atomic E-state index is 12.5. The van der Waals surface area contributed by atoms with Gasteiger partial charge in [0, 0.05) is 23.8 Å². The van der Waals surface area contributed by atoms with Gasteiger partial charge in [0.1, 0.15) is 5.82 Å². The van der Waals surface area contributed by atoms with E-state index < -0.39 is 4.92 Å². The minimum atomic E-state index is -0.459.